The first kappa shape index (κ1) is 10.4. The van der Waals surface area contributed by atoms with Crippen LogP contribution in [0.3, 0.4) is 0 Å². The minimum atomic E-state index is -0.376. The molecule has 1 unspecified atom stereocenters. The Morgan fingerprint density at radius 1 is 1.64 bits per heavy atom. The molecule has 0 radical (unpaired) electrons. The molecule has 0 amide bonds. The van der Waals surface area contributed by atoms with Crippen LogP contribution in [0.15, 0.2) is 12.3 Å². The van der Waals surface area contributed by atoms with Crippen molar-refractivity contribution >= 4 is 5.82 Å². The summed E-state index contributed by atoms with van der Waals surface area (Å²) in [6.45, 7) is -0.175. The van der Waals surface area contributed by atoms with Crippen molar-refractivity contribution < 1.29 is 5.11 Å². The van der Waals surface area contributed by atoms with Gasteiger partial charge >= 0.3 is 0 Å². The number of nitrogen functional groups attached to an aromatic ring is 1. The number of nitrogens with two attached hydrogens (primary N) is 2. The molecular weight excluding hydrogens is 180 g/mol. The number of aliphatic hydroxyl groups excluding tert-OH is 1. The maximum absolute atomic E-state index is 8.93. The lowest BCUT2D eigenvalue weighted by Gasteiger charge is -2.09. The number of pyridine rings is 1. The minimum absolute atomic E-state index is 0.175. The number of hydrogen-bond acceptors (Lipinski definition) is 5. The highest BCUT2D eigenvalue weighted by molar-refractivity contribution is 5.41. The summed E-state index contributed by atoms with van der Waals surface area (Å²) in [6, 6.07) is 3.27. The van der Waals surface area contributed by atoms with Gasteiger partial charge in [-0.1, -0.05) is 0 Å². The number of aliphatic hydroxyl groups is 1. The molecule has 0 aromatic carbocycles. The summed E-state index contributed by atoms with van der Waals surface area (Å²) < 4.78 is 0. The molecular formula is C9H12N4O. The summed E-state index contributed by atoms with van der Waals surface area (Å²) >= 11 is 0. The van der Waals surface area contributed by atoms with Crippen LogP contribution in [0.2, 0.25) is 0 Å². The van der Waals surface area contributed by atoms with Crippen molar-refractivity contribution in [3.8, 4) is 6.07 Å². The van der Waals surface area contributed by atoms with E-state index in [4.69, 9.17) is 21.8 Å². The number of hydrogen-bond donors (Lipinski definition) is 3. The first-order chi connectivity index (χ1) is 6.69. The van der Waals surface area contributed by atoms with Gasteiger partial charge in [0.05, 0.1) is 19.1 Å². The van der Waals surface area contributed by atoms with Gasteiger partial charge in [-0.3, -0.25) is 0 Å². The van der Waals surface area contributed by atoms with E-state index in [9.17, 15) is 0 Å². The molecule has 1 aromatic rings. The Bertz CT molecular complexity index is 358. The lowest BCUT2D eigenvalue weighted by molar-refractivity contribution is 0.282. The van der Waals surface area contributed by atoms with Gasteiger partial charge in [-0.05, 0) is 11.6 Å². The summed E-state index contributed by atoms with van der Waals surface area (Å²) in [6.07, 6.45) is 1.74. The van der Waals surface area contributed by atoms with Gasteiger partial charge in [-0.2, -0.15) is 5.26 Å². The fraction of sp³-hybridized carbons (Fsp3) is 0.333. The first-order valence-corrected chi connectivity index (χ1v) is 4.16. The van der Waals surface area contributed by atoms with Crippen LogP contribution in [0.4, 0.5) is 5.82 Å². The fourth-order valence-electron chi connectivity index (χ4n) is 1.09. The number of anilines is 1. The van der Waals surface area contributed by atoms with E-state index in [2.05, 4.69) is 4.98 Å². The summed E-state index contributed by atoms with van der Waals surface area (Å²) in [5.74, 6) is 0.292. The molecule has 1 atom stereocenters. The van der Waals surface area contributed by atoms with Gasteiger partial charge in [0.1, 0.15) is 5.82 Å². The Kier molecular flexibility index (Phi) is 3.40. The zero-order valence-electron chi connectivity index (χ0n) is 7.64. The molecule has 1 aromatic heterocycles. The van der Waals surface area contributed by atoms with Gasteiger partial charge in [0.25, 0.3) is 0 Å². The Hall–Kier alpha value is -1.64. The Morgan fingerprint density at radius 2 is 2.36 bits per heavy atom. The van der Waals surface area contributed by atoms with Crippen LogP contribution in [0, 0.1) is 11.3 Å². The second-order valence-corrected chi connectivity index (χ2v) is 2.94. The van der Waals surface area contributed by atoms with Crippen LogP contribution in [0.1, 0.15) is 23.6 Å². The lowest BCUT2D eigenvalue weighted by atomic mass is 10.1. The number of nitriles is 1. The molecule has 1 heterocycles. The average Bonchev–Trinajstić information content (AvgIpc) is 2.19. The first-order valence-electron chi connectivity index (χ1n) is 4.16. The molecule has 0 aliphatic rings. The van der Waals surface area contributed by atoms with E-state index in [-0.39, 0.29) is 19.1 Å². The van der Waals surface area contributed by atoms with Crippen molar-refractivity contribution in [2.24, 2.45) is 5.73 Å². The highest BCUT2D eigenvalue weighted by atomic mass is 16.3. The van der Waals surface area contributed by atoms with Crippen LogP contribution >= 0.6 is 0 Å². The third-order valence-electron chi connectivity index (χ3n) is 1.93. The molecule has 0 aliphatic heterocycles. The zero-order chi connectivity index (χ0) is 10.6. The predicted octanol–water partition coefficient (Wildman–Crippen LogP) is 0.0696. The van der Waals surface area contributed by atoms with Crippen LogP contribution in [0.5, 0.6) is 0 Å². The molecule has 74 valence electrons. The predicted molar refractivity (Wildman–Crippen MR) is 51.7 cm³/mol. The van der Waals surface area contributed by atoms with Gasteiger partial charge in [0, 0.05) is 17.8 Å². The van der Waals surface area contributed by atoms with Gasteiger partial charge in [0.2, 0.25) is 0 Å². The standard InChI is InChI=1S/C9H12N4O/c10-2-1-8(11)6-3-7(5-14)9(12)13-4-6/h3-4,8,14H,1,5,11H2,(H2,12,13). The Morgan fingerprint density at radius 3 is 2.93 bits per heavy atom. The van der Waals surface area contributed by atoms with E-state index in [1.165, 1.54) is 6.20 Å². The number of aromatic nitrogens is 1. The third-order valence-corrected chi connectivity index (χ3v) is 1.93. The summed E-state index contributed by atoms with van der Waals surface area (Å²) in [5, 5.41) is 17.4. The van der Waals surface area contributed by atoms with Gasteiger partial charge in [-0.15, -0.1) is 0 Å². The molecule has 0 spiro atoms. The van der Waals surface area contributed by atoms with Crippen LogP contribution in [0.25, 0.3) is 0 Å². The third kappa shape index (κ3) is 2.19. The molecule has 5 N–H and O–H groups in total. The van der Waals surface area contributed by atoms with E-state index in [1.807, 2.05) is 6.07 Å². The normalized spacial score (nSPS) is 12.1. The van der Waals surface area contributed by atoms with Crippen LogP contribution in [-0.4, -0.2) is 10.1 Å². The largest absolute Gasteiger partial charge is 0.392 e. The van der Waals surface area contributed by atoms with E-state index < -0.39 is 0 Å². The topological polar surface area (TPSA) is 109 Å². The molecule has 0 saturated carbocycles. The van der Waals surface area contributed by atoms with Gasteiger partial charge in [-0.25, -0.2) is 4.98 Å². The van der Waals surface area contributed by atoms with E-state index >= 15 is 0 Å². The highest BCUT2D eigenvalue weighted by Gasteiger charge is 2.08. The Labute approximate surface area is 82.0 Å². The average molecular weight is 192 g/mol. The molecule has 5 nitrogen and oxygen atoms in total. The molecule has 0 fully saturated rings. The van der Waals surface area contributed by atoms with Crippen molar-refractivity contribution in [3.63, 3.8) is 0 Å². The second-order valence-electron chi connectivity index (χ2n) is 2.94. The van der Waals surface area contributed by atoms with E-state index in [0.717, 1.165) is 0 Å². The molecule has 5 heteroatoms. The van der Waals surface area contributed by atoms with Gasteiger partial charge in [0.15, 0.2) is 0 Å². The SMILES string of the molecule is N#CCC(N)c1cnc(N)c(CO)c1. The van der Waals surface area contributed by atoms with Crippen molar-refractivity contribution in [1.82, 2.24) is 4.98 Å². The molecule has 0 aliphatic carbocycles. The van der Waals surface area contributed by atoms with E-state index in [0.29, 0.717) is 16.9 Å². The van der Waals surface area contributed by atoms with E-state index in [1.54, 1.807) is 6.07 Å². The lowest BCUT2D eigenvalue weighted by Crippen LogP contribution is -2.11. The fourth-order valence-corrected chi connectivity index (χ4v) is 1.09. The molecule has 0 bridgehead atoms. The highest BCUT2D eigenvalue weighted by Crippen LogP contribution is 2.17. The number of rotatable bonds is 3. The van der Waals surface area contributed by atoms with Crippen molar-refractivity contribution in [3.05, 3.63) is 23.4 Å². The maximum atomic E-state index is 8.93. The summed E-state index contributed by atoms with van der Waals surface area (Å²) in [4.78, 5) is 3.88. The maximum Gasteiger partial charge on any atom is 0.128 e. The zero-order valence-corrected chi connectivity index (χ0v) is 7.64. The van der Waals surface area contributed by atoms with Gasteiger partial charge < -0.3 is 16.6 Å². The summed E-state index contributed by atoms with van der Waals surface area (Å²) in [7, 11) is 0. The molecule has 1 rings (SSSR count). The molecule has 0 saturated heterocycles. The smallest absolute Gasteiger partial charge is 0.128 e. The monoisotopic (exact) mass is 192 g/mol. The van der Waals surface area contributed by atoms with Crippen LogP contribution < -0.4 is 11.5 Å². The van der Waals surface area contributed by atoms with Crippen molar-refractivity contribution in [1.29, 1.82) is 5.26 Å². The molecule has 14 heavy (non-hydrogen) atoms. The van der Waals surface area contributed by atoms with Crippen LogP contribution in [-0.2, 0) is 6.61 Å². The van der Waals surface area contributed by atoms with Crippen molar-refractivity contribution in [2.75, 3.05) is 5.73 Å². The van der Waals surface area contributed by atoms with Crippen molar-refractivity contribution in [2.45, 2.75) is 19.1 Å². The second kappa shape index (κ2) is 4.56. The quantitative estimate of drug-likeness (QED) is 0.627. The summed E-state index contributed by atoms with van der Waals surface area (Å²) in [5.41, 5.74) is 12.4. The minimum Gasteiger partial charge on any atom is -0.392 e. The Balaban J connectivity index is 2.95. The number of nitrogens with zero attached hydrogens (tertiary/aromatic N) is 2.